The summed E-state index contributed by atoms with van der Waals surface area (Å²) >= 11 is 0. The second-order valence-electron chi connectivity index (χ2n) is 19.5. The molecule has 0 aliphatic carbocycles. The molecule has 7 aromatic rings. The van der Waals surface area contributed by atoms with Crippen molar-refractivity contribution in [2.75, 3.05) is 0 Å². The molecule has 3 aromatic heterocycles. The molecule has 8 bridgehead atoms. The third kappa shape index (κ3) is 6.72. The minimum Gasteiger partial charge on any atom is -0.357 e. The van der Waals surface area contributed by atoms with E-state index in [-0.39, 0.29) is 44.7 Å². The first-order valence-electron chi connectivity index (χ1n) is 19.5. The Morgan fingerprint density at radius 1 is 0.316 bits per heavy atom. The number of hydrogen-bond donors (Lipinski definition) is 0. The minimum atomic E-state index is -0.0826. The fourth-order valence-corrected chi connectivity index (χ4v) is 7.53. The van der Waals surface area contributed by atoms with Crippen LogP contribution >= 0.6 is 0 Å². The van der Waals surface area contributed by atoms with Gasteiger partial charge in [-0.15, -0.1) is 0 Å². The molecule has 0 radical (unpaired) electrons. The predicted octanol–water partition coefficient (Wildman–Crippen LogP) is 10.9. The van der Waals surface area contributed by atoms with Gasteiger partial charge in [0.2, 0.25) is 0 Å². The molecule has 0 spiro atoms. The van der Waals surface area contributed by atoms with Crippen molar-refractivity contribution in [3.8, 4) is 45.6 Å². The normalized spacial score (nSPS) is 13.1. The van der Waals surface area contributed by atoms with E-state index in [1.54, 1.807) is 0 Å². The average Bonchev–Trinajstić information content (AvgIpc) is 3.84. The maximum absolute atomic E-state index is 5.25. The Balaban J connectivity index is 0.00000455. The molecule has 8 nitrogen and oxygen atoms in total. The third-order valence-corrected chi connectivity index (χ3v) is 11.2. The van der Waals surface area contributed by atoms with Crippen LogP contribution in [-0.4, -0.2) is 53.0 Å². The van der Waals surface area contributed by atoms with E-state index < -0.39 is 0 Å². The fraction of sp³-hybridized carbons (Fsp3) is 0.333. The zero-order chi connectivity index (χ0) is 39.7. The number of aromatic nitrogens is 8. The molecule has 0 saturated carbocycles. The van der Waals surface area contributed by atoms with Crippen molar-refractivity contribution < 1.29 is 0 Å². The molecule has 9 rings (SSSR count). The monoisotopic (exact) mass is 760 g/mol. The van der Waals surface area contributed by atoms with Crippen LogP contribution in [0.15, 0.2) is 72.8 Å². The van der Waals surface area contributed by atoms with Gasteiger partial charge in [-0.25, -0.2) is 9.97 Å². The van der Waals surface area contributed by atoms with Crippen molar-refractivity contribution in [3.63, 3.8) is 0 Å². The second kappa shape index (κ2) is 13.0. The van der Waals surface area contributed by atoms with E-state index in [1.807, 2.05) is 0 Å². The molecular weight excluding hydrogens is 713 g/mol. The molecule has 0 N–H and O–H groups in total. The smallest absolute Gasteiger partial charge is 0.357 e. The van der Waals surface area contributed by atoms with E-state index in [0.29, 0.717) is 45.9 Å². The van der Waals surface area contributed by atoms with Crippen LogP contribution in [0.4, 0.5) is 0 Å². The molecule has 0 atom stereocenters. The molecule has 0 amide bonds. The summed E-state index contributed by atoms with van der Waals surface area (Å²) in [5, 5.41) is 3.64. The summed E-state index contributed by atoms with van der Waals surface area (Å²) in [6.07, 6.45) is 0. The first-order valence-corrected chi connectivity index (χ1v) is 19.5. The summed E-state index contributed by atoms with van der Waals surface area (Å²) in [4.78, 5) is 41.6. The summed E-state index contributed by atoms with van der Waals surface area (Å²) in [5.41, 5.74) is 10.3. The van der Waals surface area contributed by atoms with Gasteiger partial charge < -0.3 is 29.9 Å². The van der Waals surface area contributed by atoms with Crippen LogP contribution in [0.25, 0.3) is 89.7 Å². The standard InChI is InChI=1S/C48H48N8.Mg/c1-45(2,3)25-13-17-29-33(21-25)41-49-37(29)54-42-35-23-27(47(7,8)9)15-19-31(35)39(51-42)56-44-36-24-28(48(10,11)12)16-20-32(36)40(52-44)55-43-34-22-26(46(4,5)6)14-18-30(34)38(50-43)53-41;/h13-24H,1-12H3;/q-2;+2. The maximum atomic E-state index is 5.25. The van der Waals surface area contributed by atoms with Gasteiger partial charge in [0, 0.05) is 44.8 Å². The molecule has 4 aromatic carbocycles. The first-order chi connectivity index (χ1) is 26.2. The summed E-state index contributed by atoms with van der Waals surface area (Å²) in [5.74, 6) is 2.24. The van der Waals surface area contributed by atoms with E-state index in [9.17, 15) is 0 Å². The van der Waals surface area contributed by atoms with E-state index in [4.69, 9.17) is 39.9 Å². The molecular formula is C48H48MgN8. The van der Waals surface area contributed by atoms with Crippen molar-refractivity contribution in [1.82, 2.24) is 39.9 Å². The number of rotatable bonds is 0. The molecule has 2 aliphatic rings. The van der Waals surface area contributed by atoms with Gasteiger partial charge in [-0.1, -0.05) is 132 Å². The van der Waals surface area contributed by atoms with E-state index in [0.717, 1.165) is 43.8 Å². The van der Waals surface area contributed by atoms with Gasteiger partial charge >= 0.3 is 23.1 Å². The fourth-order valence-electron chi connectivity index (χ4n) is 7.53. The Morgan fingerprint density at radius 2 is 0.596 bits per heavy atom. The Morgan fingerprint density at radius 3 is 0.930 bits per heavy atom. The first kappa shape index (κ1) is 38.9. The SMILES string of the molecule is CC(C)(C)c1ccc2c(c1)-c1nc-2nc2[n-]c(nc3nc(nc4[n-]c(n1)c1ccc(C(C)(C)C)cc41)-c1ccc(C(C)(C)C)cc1-3)c1ccc(C(C)(C)C)cc21.[Mg+2]. The molecule has 282 valence electrons. The second-order valence-corrected chi connectivity index (χ2v) is 19.5. The molecule has 5 heterocycles. The molecule has 0 unspecified atom stereocenters. The summed E-state index contributed by atoms with van der Waals surface area (Å²) in [6, 6.07) is 25.9. The van der Waals surface area contributed by atoms with Crippen LogP contribution in [0.3, 0.4) is 0 Å². The van der Waals surface area contributed by atoms with Gasteiger partial charge in [-0.3, -0.25) is 0 Å². The summed E-state index contributed by atoms with van der Waals surface area (Å²) in [6.45, 7) is 26.6. The van der Waals surface area contributed by atoms with Crippen molar-refractivity contribution in [2.24, 2.45) is 0 Å². The third-order valence-electron chi connectivity index (χ3n) is 11.2. The topological polar surface area (TPSA) is 106 Å². The Bertz CT molecular complexity index is 2760. The van der Waals surface area contributed by atoms with Crippen LogP contribution in [0.2, 0.25) is 0 Å². The van der Waals surface area contributed by atoms with E-state index in [1.165, 1.54) is 22.3 Å². The average molecular weight is 761 g/mol. The van der Waals surface area contributed by atoms with Crippen LogP contribution in [0.1, 0.15) is 105 Å². The van der Waals surface area contributed by atoms with Gasteiger partial charge in [0.15, 0.2) is 0 Å². The largest absolute Gasteiger partial charge is 2.00 e. The van der Waals surface area contributed by atoms with Crippen molar-refractivity contribution in [2.45, 2.75) is 105 Å². The Hall–Kier alpha value is -4.99. The van der Waals surface area contributed by atoms with Crippen LogP contribution < -0.4 is 9.97 Å². The van der Waals surface area contributed by atoms with Crippen molar-refractivity contribution >= 4 is 67.2 Å². The van der Waals surface area contributed by atoms with Crippen molar-refractivity contribution in [1.29, 1.82) is 0 Å². The summed E-state index contributed by atoms with van der Waals surface area (Å²) in [7, 11) is 0. The number of nitrogens with zero attached hydrogens (tertiary/aromatic N) is 8. The quantitative estimate of drug-likeness (QED) is 0.141. The molecule has 0 saturated heterocycles. The predicted molar refractivity (Wildman–Crippen MR) is 235 cm³/mol. The van der Waals surface area contributed by atoms with Gasteiger partial charge in [0.1, 0.15) is 0 Å². The molecule has 2 aliphatic heterocycles. The van der Waals surface area contributed by atoms with E-state index in [2.05, 4.69) is 156 Å². The van der Waals surface area contributed by atoms with E-state index >= 15 is 0 Å². The zero-order valence-corrected chi connectivity index (χ0v) is 36.6. The van der Waals surface area contributed by atoms with Gasteiger partial charge in [-0.05, 0) is 89.7 Å². The number of fused-ring (bicyclic) bond motifs is 20. The maximum Gasteiger partial charge on any atom is 2.00 e. The zero-order valence-electron chi connectivity index (χ0n) is 35.2. The van der Waals surface area contributed by atoms with Gasteiger partial charge in [-0.2, -0.15) is 0 Å². The van der Waals surface area contributed by atoms with Crippen LogP contribution in [-0.2, 0) is 21.7 Å². The Kier molecular flexibility index (Phi) is 8.87. The molecule has 0 fully saturated rings. The van der Waals surface area contributed by atoms with Gasteiger partial charge in [0.05, 0.1) is 23.3 Å². The molecule has 57 heavy (non-hydrogen) atoms. The minimum absolute atomic E-state index is 0. The molecule has 9 heteroatoms. The number of benzene rings is 4. The van der Waals surface area contributed by atoms with Crippen molar-refractivity contribution in [3.05, 3.63) is 95.1 Å². The number of hydrogen-bond acceptors (Lipinski definition) is 6. The van der Waals surface area contributed by atoms with Crippen LogP contribution in [0, 0.1) is 0 Å². The van der Waals surface area contributed by atoms with Crippen LogP contribution in [0.5, 0.6) is 0 Å². The Labute approximate surface area is 350 Å². The van der Waals surface area contributed by atoms with Gasteiger partial charge in [0.25, 0.3) is 0 Å². The summed E-state index contributed by atoms with van der Waals surface area (Å²) < 4.78 is 0.